The zero-order chi connectivity index (χ0) is 20.4. The third-order valence-electron chi connectivity index (χ3n) is 6.97. The van der Waals surface area contributed by atoms with Crippen molar-refractivity contribution in [3.8, 4) is 0 Å². The topological polar surface area (TPSA) is 52.6 Å². The van der Waals surface area contributed by atoms with Crippen LogP contribution in [0, 0.1) is 5.92 Å². The Kier molecular flexibility index (Phi) is 6.76. The van der Waals surface area contributed by atoms with Gasteiger partial charge in [0, 0.05) is 68.1 Å². The van der Waals surface area contributed by atoms with E-state index in [0.29, 0.717) is 36.1 Å². The summed E-state index contributed by atoms with van der Waals surface area (Å²) < 4.78 is 0. The molecule has 0 radical (unpaired) electrons. The molecule has 0 aliphatic carbocycles. The van der Waals surface area contributed by atoms with Crippen molar-refractivity contribution in [3.05, 3.63) is 18.0 Å². The number of piperidine rings is 1. The summed E-state index contributed by atoms with van der Waals surface area (Å²) in [6, 6.07) is 1.72. The van der Waals surface area contributed by atoms with Gasteiger partial charge >= 0.3 is 0 Å². The molecule has 2 bridgehead atoms. The molecule has 3 fully saturated rings. The number of likely N-dealkylation sites (tertiary alicyclic amines) is 2. The molecule has 0 N–H and O–H groups in total. The van der Waals surface area contributed by atoms with Crippen LogP contribution in [0.3, 0.4) is 0 Å². The summed E-state index contributed by atoms with van der Waals surface area (Å²) in [5.41, 5.74) is 1.17. The van der Waals surface area contributed by atoms with Crippen molar-refractivity contribution >= 4 is 24.4 Å². The third-order valence-corrected chi connectivity index (χ3v) is 7.19. The van der Waals surface area contributed by atoms with Crippen molar-refractivity contribution in [1.82, 2.24) is 19.8 Å². The van der Waals surface area contributed by atoms with Crippen LogP contribution in [0.1, 0.15) is 51.5 Å². The van der Waals surface area contributed by atoms with Crippen LogP contribution < -0.4 is 4.90 Å². The van der Waals surface area contributed by atoms with Crippen LogP contribution in [-0.4, -0.2) is 75.6 Å². The number of carbonyl (C=O) groups is 1. The van der Waals surface area contributed by atoms with Gasteiger partial charge in [-0.1, -0.05) is 0 Å². The number of nitrogens with zero attached hydrogens (tertiary/aromatic N) is 5. The Morgan fingerprint density at radius 3 is 2.28 bits per heavy atom. The maximum atomic E-state index is 12.1. The zero-order valence-corrected chi connectivity index (χ0v) is 18.7. The minimum Gasteiger partial charge on any atom is -0.332 e. The van der Waals surface area contributed by atoms with E-state index in [0.717, 1.165) is 51.5 Å². The van der Waals surface area contributed by atoms with Crippen molar-refractivity contribution < 1.29 is 4.79 Å². The van der Waals surface area contributed by atoms with Gasteiger partial charge in [0.1, 0.15) is 5.78 Å². The zero-order valence-electron chi connectivity index (χ0n) is 17.8. The van der Waals surface area contributed by atoms with Crippen LogP contribution in [0.15, 0.2) is 12.4 Å². The fraction of sp³-hybridized carbons (Fsp3) is 0.773. The normalized spacial score (nSPS) is 26.4. The molecule has 2 unspecified atom stereocenters. The highest BCUT2D eigenvalue weighted by Crippen LogP contribution is 2.33. The monoisotopic (exact) mass is 417 g/mol. The second-order valence-electron chi connectivity index (χ2n) is 9.22. The lowest BCUT2D eigenvalue weighted by Gasteiger charge is -2.42. The molecule has 7 heteroatoms. The SMILES string of the molecule is CC(C)N1CC2CCC(C1)N2c1ncc(CN2CCC(C(=O)CCS)CC2)cn1. The Morgan fingerprint density at radius 1 is 1.10 bits per heavy atom. The van der Waals surface area contributed by atoms with Crippen molar-refractivity contribution in [2.75, 3.05) is 36.8 Å². The van der Waals surface area contributed by atoms with Crippen LogP contribution >= 0.6 is 12.6 Å². The van der Waals surface area contributed by atoms with Gasteiger partial charge in [-0.3, -0.25) is 14.6 Å². The van der Waals surface area contributed by atoms with Crippen LogP contribution in [0.5, 0.6) is 0 Å². The average molecular weight is 418 g/mol. The van der Waals surface area contributed by atoms with E-state index in [1.54, 1.807) is 0 Å². The Balaban J connectivity index is 1.31. The second-order valence-corrected chi connectivity index (χ2v) is 9.67. The summed E-state index contributed by atoms with van der Waals surface area (Å²) in [5, 5.41) is 0. The van der Waals surface area contributed by atoms with E-state index in [2.05, 4.69) is 41.2 Å². The molecule has 2 atom stereocenters. The van der Waals surface area contributed by atoms with E-state index >= 15 is 0 Å². The van der Waals surface area contributed by atoms with E-state index in [-0.39, 0.29) is 5.92 Å². The Bertz CT molecular complexity index is 675. The number of carbonyl (C=O) groups excluding carboxylic acids is 1. The van der Waals surface area contributed by atoms with Gasteiger partial charge in [0.2, 0.25) is 5.95 Å². The average Bonchev–Trinajstić information content (AvgIpc) is 2.98. The van der Waals surface area contributed by atoms with E-state index in [1.807, 2.05) is 12.4 Å². The molecule has 3 saturated heterocycles. The summed E-state index contributed by atoms with van der Waals surface area (Å²) in [7, 11) is 0. The molecule has 1 aromatic heterocycles. The number of ketones is 1. The van der Waals surface area contributed by atoms with E-state index in [4.69, 9.17) is 9.97 Å². The molecule has 0 aromatic carbocycles. The number of hydrogen-bond acceptors (Lipinski definition) is 7. The predicted molar refractivity (Wildman–Crippen MR) is 120 cm³/mol. The largest absolute Gasteiger partial charge is 0.332 e. The van der Waals surface area contributed by atoms with Gasteiger partial charge in [0.25, 0.3) is 0 Å². The second kappa shape index (κ2) is 9.31. The Hall–Kier alpha value is -1.18. The quantitative estimate of drug-likeness (QED) is 0.689. The minimum atomic E-state index is 0.233. The number of anilines is 1. The van der Waals surface area contributed by atoms with Gasteiger partial charge in [-0.05, 0) is 58.4 Å². The first-order valence-corrected chi connectivity index (χ1v) is 11.9. The summed E-state index contributed by atoms with van der Waals surface area (Å²) in [5.74, 6) is 2.19. The first-order chi connectivity index (χ1) is 14.0. The molecular weight excluding hydrogens is 382 g/mol. The maximum absolute atomic E-state index is 12.1. The Morgan fingerprint density at radius 2 is 1.72 bits per heavy atom. The fourth-order valence-corrected chi connectivity index (χ4v) is 5.45. The molecule has 1 aromatic rings. The van der Waals surface area contributed by atoms with E-state index < -0.39 is 0 Å². The number of piperazine rings is 1. The Labute approximate surface area is 180 Å². The smallest absolute Gasteiger partial charge is 0.225 e. The van der Waals surface area contributed by atoms with Crippen molar-refractivity contribution in [2.45, 2.75) is 70.6 Å². The molecule has 6 nitrogen and oxygen atoms in total. The van der Waals surface area contributed by atoms with Gasteiger partial charge < -0.3 is 4.90 Å². The van der Waals surface area contributed by atoms with E-state index in [9.17, 15) is 4.79 Å². The molecule has 4 rings (SSSR count). The molecule has 0 spiro atoms. The first kappa shape index (κ1) is 21.1. The molecular formula is C22H35N5OS. The summed E-state index contributed by atoms with van der Waals surface area (Å²) >= 11 is 4.19. The van der Waals surface area contributed by atoms with Crippen LogP contribution in [0.25, 0.3) is 0 Å². The lowest BCUT2D eigenvalue weighted by Crippen LogP contribution is -2.56. The summed E-state index contributed by atoms with van der Waals surface area (Å²) in [6.07, 6.45) is 9.06. The standard InChI is InChI=1S/C22H35N5OS/c1-16(2)26-14-19-3-4-20(15-26)27(19)22-23-11-17(12-24-22)13-25-8-5-18(6-9-25)21(28)7-10-29/h11-12,16,18-20,29H,3-10,13-15H2,1-2H3. The highest BCUT2D eigenvalue weighted by molar-refractivity contribution is 7.80. The summed E-state index contributed by atoms with van der Waals surface area (Å²) in [6.45, 7) is 9.67. The number of hydrogen-bond donors (Lipinski definition) is 1. The number of Topliss-reactive ketones (excluding diaryl/α,β-unsaturated/α-hetero) is 1. The number of aromatic nitrogens is 2. The van der Waals surface area contributed by atoms with Crippen LogP contribution in [-0.2, 0) is 11.3 Å². The lowest BCUT2D eigenvalue weighted by atomic mass is 9.91. The van der Waals surface area contributed by atoms with Gasteiger partial charge in [-0.15, -0.1) is 0 Å². The van der Waals surface area contributed by atoms with E-state index in [1.165, 1.54) is 18.4 Å². The van der Waals surface area contributed by atoms with Gasteiger partial charge in [-0.25, -0.2) is 9.97 Å². The predicted octanol–water partition coefficient (Wildman–Crippen LogP) is 2.64. The van der Waals surface area contributed by atoms with Crippen molar-refractivity contribution in [3.63, 3.8) is 0 Å². The van der Waals surface area contributed by atoms with Crippen molar-refractivity contribution in [2.24, 2.45) is 5.92 Å². The van der Waals surface area contributed by atoms with Crippen molar-refractivity contribution in [1.29, 1.82) is 0 Å². The molecule has 0 amide bonds. The molecule has 0 saturated carbocycles. The van der Waals surface area contributed by atoms with Crippen LogP contribution in [0.4, 0.5) is 5.95 Å². The highest BCUT2D eigenvalue weighted by atomic mass is 32.1. The molecule has 3 aliphatic heterocycles. The number of fused-ring (bicyclic) bond motifs is 2. The van der Waals surface area contributed by atoms with Gasteiger partial charge in [-0.2, -0.15) is 12.6 Å². The minimum absolute atomic E-state index is 0.233. The fourth-order valence-electron chi connectivity index (χ4n) is 5.23. The maximum Gasteiger partial charge on any atom is 0.225 e. The van der Waals surface area contributed by atoms with Crippen LogP contribution in [0.2, 0.25) is 0 Å². The molecule has 160 valence electrons. The third kappa shape index (κ3) is 4.78. The lowest BCUT2D eigenvalue weighted by molar-refractivity contribution is -0.123. The molecule has 29 heavy (non-hydrogen) atoms. The van der Waals surface area contributed by atoms with Gasteiger partial charge in [0.15, 0.2) is 0 Å². The number of rotatable bonds is 7. The molecule has 4 heterocycles. The number of thiol groups is 1. The summed E-state index contributed by atoms with van der Waals surface area (Å²) in [4.78, 5) is 29.1. The first-order valence-electron chi connectivity index (χ1n) is 11.2. The van der Waals surface area contributed by atoms with Gasteiger partial charge in [0.05, 0.1) is 0 Å². The molecule has 3 aliphatic rings. The highest BCUT2D eigenvalue weighted by Gasteiger charge is 2.41.